The third-order valence-electron chi connectivity index (χ3n) is 5.03. The van der Waals surface area contributed by atoms with Crippen molar-refractivity contribution in [1.82, 2.24) is 20.5 Å². The summed E-state index contributed by atoms with van der Waals surface area (Å²) >= 11 is 0. The van der Waals surface area contributed by atoms with Crippen molar-refractivity contribution in [2.24, 2.45) is 16.6 Å². The fourth-order valence-electron chi connectivity index (χ4n) is 3.38. The lowest BCUT2D eigenvalue weighted by atomic mass is 10.0. The molecule has 0 spiro atoms. The van der Waals surface area contributed by atoms with Crippen LogP contribution in [0.3, 0.4) is 0 Å². The van der Waals surface area contributed by atoms with E-state index in [9.17, 15) is 0 Å². The number of rotatable bonds is 7. The number of hydrogen-bond acceptors (Lipinski definition) is 6. The molecule has 2 aromatic heterocycles. The monoisotopic (exact) mass is 377 g/mol. The zero-order chi connectivity index (χ0) is 19.0. The summed E-state index contributed by atoms with van der Waals surface area (Å²) in [6, 6.07) is 10.0. The van der Waals surface area contributed by atoms with E-state index in [1.54, 1.807) is 6.21 Å². The number of aliphatic imine (C=N–C) groups is 1. The number of ether oxygens (including phenoxy) is 1. The van der Waals surface area contributed by atoms with Crippen molar-refractivity contribution in [2.75, 3.05) is 11.9 Å². The number of allylic oxidation sites excluding steroid dienone is 1. The first-order chi connectivity index (χ1) is 13.7. The van der Waals surface area contributed by atoms with Gasteiger partial charge in [0.1, 0.15) is 11.6 Å². The second-order valence-corrected chi connectivity index (χ2v) is 7.44. The summed E-state index contributed by atoms with van der Waals surface area (Å²) in [5.41, 5.74) is 8.76. The number of nitrogens with one attached hydrogen (secondary N) is 4. The van der Waals surface area contributed by atoms with Crippen molar-refractivity contribution in [3.63, 3.8) is 0 Å². The van der Waals surface area contributed by atoms with Crippen molar-refractivity contribution >= 4 is 22.9 Å². The standard InChI is InChI=1S/C20H23N7O/c21-20(11-14-2-1-3-16-15(14)6-8-22-16)23-9-7-17(25-20)24-18-10-19(27-26-18)28-12-13-4-5-13/h1-3,6-10,13,22,25H,4-5,11-12,21H2,(H2,24,26,27). The summed E-state index contributed by atoms with van der Waals surface area (Å²) in [5.74, 6) is 1.83. The van der Waals surface area contributed by atoms with E-state index in [0.29, 0.717) is 18.2 Å². The van der Waals surface area contributed by atoms with Crippen LogP contribution in [0.4, 0.5) is 5.82 Å². The Labute approximate surface area is 162 Å². The molecule has 5 rings (SSSR count). The second kappa shape index (κ2) is 6.72. The molecule has 6 N–H and O–H groups in total. The van der Waals surface area contributed by atoms with Gasteiger partial charge in [0.25, 0.3) is 0 Å². The number of anilines is 1. The first-order valence-corrected chi connectivity index (χ1v) is 9.50. The van der Waals surface area contributed by atoms with Gasteiger partial charge in [-0.1, -0.05) is 12.1 Å². The Balaban J connectivity index is 1.26. The summed E-state index contributed by atoms with van der Waals surface area (Å²) in [4.78, 5) is 7.69. The second-order valence-electron chi connectivity index (χ2n) is 7.44. The van der Waals surface area contributed by atoms with Gasteiger partial charge in [-0.3, -0.25) is 15.8 Å². The summed E-state index contributed by atoms with van der Waals surface area (Å²) in [6.45, 7) is 0.731. The third-order valence-corrected chi connectivity index (χ3v) is 5.03. The van der Waals surface area contributed by atoms with Crippen LogP contribution in [-0.2, 0) is 6.42 Å². The molecular formula is C20H23N7O. The van der Waals surface area contributed by atoms with Gasteiger partial charge < -0.3 is 20.4 Å². The molecular weight excluding hydrogens is 354 g/mol. The number of hydrogen-bond donors (Lipinski definition) is 5. The molecule has 0 bridgehead atoms. The molecule has 144 valence electrons. The minimum Gasteiger partial charge on any atom is -0.476 e. The molecule has 1 aromatic carbocycles. The number of aromatic nitrogens is 3. The largest absolute Gasteiger partial charge is 0.476 e. The fraction of sp³-hybridized carbons (Fsp3) is 0.300. The fourth-order valence-corrected chi connectivity index (χ4v) is 3.38. The average molecular weight is 377 g/mol. The molecule has 1 saturated carbocycles. The molecule has 8 heteroatoms. The van der Waals surface area contributed by atoms with E-state index < -0.39 is 5.79 Å². The van der Waals surface area contributed by atoms with Gasteiger partial charge in [0, 0.05) is 35.8 Å². The predicted molar refractivity (Wildman–Crippen MR) is 109 cm³/mol. The summed E-state index contributed by atoms with van der Waals surface area (Å²) < 4.78 is 5.68. The number of benzene rings is 1. The van der Waals surface area contributed by atoms with Crippen LogP contribution >= 0.6 is 0 Å². The Morgan fingerprint density at radius 2 is 2.21 bits per heavy atom. The van der Waals surface area contributed by atoms with Crippen molar-refractivity contribution in [2.45, 2.75) is 25.0 Å². The van der Waals surface area contributed by atoms with Crippen molar-refractivity contribution in [1.29, 1.82) is 0 Å². The first-order valence-electron chi connectivity index (χ1n) is 9.50. The van der Waals surface area contributed by atoms with Gasteiger partial charge in [0.2, 0.25) is 5.88 Å². The van der Waals surface area contributed by atoms with Gasteiger partial charge in [-0.05, 0) is 42.5 Å². The van der Waals surface area contributed by atoms with Gasteiger partial charge in [0.05, 0.1) is 6.61 Å². The highest BCUT2D eigenvalue weighted by atomic mass is 16.5. The normalized spacial score (nSPS) is 21.4. The zero-order valence-corrected chi connectivity index (χ0v) is 15.4. The van der Waals surface area contributed by atoms with Crippen LogP contribution in [0.15, 0.2) is 53.4 Å². The van der Waals surface area contributed by atoms with Crippen LogP contribution in [0.2, 0.25) is 0 Å². The van der Waals surface area contributed by atoms with E-state index in [4.69, 9.17) is 10.5 Å². The van der Waals surface area contributed by atoms with Gasteiger partial charge in [0.15, 0.2) is 5.79 Å². The minimum absolute atomic E-state index is 0.552. The molecule has 1 atom stereocenters. The maximum atomic E-state index is 6.54. The molecule has 0 saturated heterocycles. The van der Waals surface area contributed by atoms with E-state index in [1.807, 2.05) is 30.5 Å². The Bertz CT molecular complexity index is 1050. The number of H-pyrrole nitrogens is 2. The van der Waals surface area contributed by atoms with Crippen LogP contribution in [-0.4, -0.2) is 33.8 Å². The molecule has 28 heavy (non-hydrogen) atoms. The average Bonchev–Trinajstić information content (AvgIpc) is 3.19. The maximum absolute atomic E-state index is 6.54. The minimum atomic E-state index is -0.937. The van der Waals surface area contributed by atoms with Crippen LogP contribution < -0.4 is 21.1 Å². The topological polar surface area (TPSA) is 116 Å². The highest BCUT2D eigenvalue weighted by Crippen LogP contribution is 2.29. The summed E-state index contributed by atoms with van der Waals surface area (Å²) in [5, 5.41) is 14.8. The Kier molecular flexibility index (Phi) is 4.05. The molecule has 0 amide bonds. The quantitative estimate of drug-likeness (QED) is 0.434. The van der Waals surface area contributed by atoms with Gasteiger partial charge in [-0.25, -0.2) is 0 Å². The van der Waals surface area contributed by atoms with Gasteiger partial charge in [-0.15, -0.1) is 5.10 Å². The molecule has 3 heterocycles. The number of nitrogens with two attached hydrogens (primary N) is 1. The van der Waals surface area contributed by atoms with E-state index in [2.05, 4.69) is 42.9 Å². The van der Waals surface area contributed by atoms with Gasteiger partial charge >= 0.3 is 0 Å². The molecule has 8 nitrogen and oxygen atoms in total. The lowest BCUT2D eigenvalue weighted by Gasteiger charge is -2.31. The molecule has 1 unspecified atom stereocenters. The molecule has 1 aliphatic carbocycles. The Morgan fingerprint density at radius 1 is 1.29 bits per heavy atom. The van der Waals surface area contributed by atoms with Gasteiger partial charge in [-0.2, -0.15) is 0 Å². The molecule has 1 aliphatic heterocycles. The number of nitrogens with zero attached hydrogens (tertiary/aromatic N) is 2. The van der Waals surface area contributed by atoms with Crippen LogP contribution in [0.25, 0.3) is 10.9 Å². The van der Waals surface area contributed by atoms with Crippen molar-refractivity contribution in [3.8, 4) is 5.88 Å². The SMILES string of the molecule is NC1(Cc2cccc3[nH]ccc23)N=CC=C(Nc2cc(OCC3CC3)n[nH]2)N1. The Hall–Kier alpha value is -3.26. The number of aromatic amines is 2. The third kappa shape index (κ3) is 3.59. The van der Waals surface area contributed by atoms with E-state index >= 15 is 0 Å². The lowest BCUT2D eigenvalue weighted by Crippen LogP contribution is -2.55. The Morgan fingerprint density at radius 3 is 3.11 bits per heavy atom. The van der Waals surface area contributed by atoms with Crippen molar-refractivity contribution < 1.29 is 4.74 Å². The molecule has 0 radical (unpaired) electrons. The van der Waals surface area contributed by atoms with Crippen LogP contribution in [0.5, 0.6) is 5.88 Å². The van der Waals surface area contributed by atoms with E-state index in [1.165, 1.54) is 12.8 Å². The molecule has 1 fully saturated rings. The summed E-state index contributed by atoms with van der Waals surface area (Å²) in [6.07, 6.45) is 8.55. The highest BCUT2D eigenvalue weighted by molar-refractivity contribution is 5.83. The van der Waals surface area contributed by atoms with Crippen LogP contribution in [0, 0.1) is 5.92 Å². The lowest BCUT2D eigenvalue weighted by molar-refractivity contribution is 0.288. The molecule has 2 aliphatic rings. The molecule has 3 aromatic rings. The number of fused-ring (bicyclic) bond motifs is 1. The smallest absolute Gasteiger partial charge is 0.234 e. The van der Waals surface area contributed by atoms with Crippen LogP contribution in [0.1, 0.15) is 18.4 Å². The predicted octanol–water partition coefficient (Wildman–Crippen LogP) is 2.46. The van der Waals surface area contributed by atoms with E-state index in [0.717, 1.165) is 34.7 Å². The van der Waals surface area contributed by atoms with E-state index in [-0.39, 0.29) is 0 Å². The first kappa shape index (κ1) is 16.9. The highest BCUT2D eigenvalue weighted by Gasteiger charge is 2.28. The maximum Gasteiger partial charge on any atom is 0.234 e. The van der Waals surface area contributed by atoms with Crippen molar-refractivity contribution in [3.05, 3.63) is 54.0 Å². The summed E-state index contributed by atoms with van der Waals surface area (Å²) in [7, 11) is 0. The zero-order valence-electron chi connectivity index (χ0n) is 15.4.